The molecule has 26 heavy (non-hydrogen) atoms. The maximum atomic E-state index is 5.61. The molecule has 0 radical (unpaired) electrons. The zero-order chi connectivity index (χ0) is 17.1. The number of rotatable bonds is 1. The number of hydrogen-bond acceptors (Lipinski definition) is 4. The van der Waals surface area contributed by atoms with E-state index in [-0.39, 0.29) is 0 Å². The highest BCUT2D eigenvalue weighted by Crippen LogP contribution is 2.38. The molecule has 2 aromatic heterocycles. The largest absolute Gasteiger partial charge is 0.356 e. The topological polar surface area (TPSA) is 52.1 Å². The van der Waals surface area contributed by atoms with Crippen LogP contribution in [0.15, 0.2) is 81.8 Å². The van der Waals surface area contributed by atoms with Gasteiger partial charge in [0.05, 0.1) is 10.8 Å². The van der Waals surface area contributed by atoms with Crippen molar-refractivity contribution in [2.45, 2.75) is 0 Å². The minimum Gasteiger partial charge on any atom is -0.356 e. The molecule has 0 fully saturated rings. The molecule has 0 atom stereocenters. The van der Waals surface area contributed by atoms with Gasteiger partial charge < -0.3 is 9.05 Å². The van der Waals surface area contributed by atoms with E-state index in [1.54, 1.807) is 0 Å². The lowest BCUT2D eigenvalue weighted by Gasteiger charge is -2.01. The smallest absolute Gasteiger partial charge is 0.168 e. The summed E-state index contributed by atoms with van der Waals surface area (Å²) in [4.78, 5) is 0. The van der Waals surface area contributed by atoms with Gasteiger partial charge in [0, 0.05) is 0 Å². The van der Waals surface area contributed by atoms with Gasteiger partial charge in [-0.2, -0.15) is 0 Å². The maximum Gasteiger partial charge on any atom is 0.168 e. The zero-order valence-corrected chi connectivity index (χ0v) is 13.6. The number of benzene rings is 4. The molecule has 0 bridgehead atoms. The zero-order valence-electron chi connectivity index (χ0n) is 13.6. The van der Waals surface area contributed by atoms with Gasteiger partial charge in [-0.25, -0.2) is 0 Å². The van der Waals surface area contributed by atoms with Crippen LogP contribution in [0.1, 0.15) is 0 Å². The fraction of sp³-hybridized carbons (Fsp3) is 0. The Morgan fingerprint density at radius 1 is 0.500 bits per heavy atom. The van der Waals surface area contributed by atoms with E-state index in [0.717, 1.165) is 43.5 Å². The van der Waals surface area contributed by atoms with Gasteiger partial charge in [0.2, 0.25) is 0 Å². The van der Waals surface area contributed by atoms with Crippen LogP contribution in [-0.2, 0) is 0 Å². The van der Waals surface area contributed by atoms with Crippen LogP contribution in [0.5, 0.6) is 0 Å². The predicted molar refractivity (Wildman–Crippen MR) is 102 cm³/mol. The van der Waals surface area contributed by atoms with Gasteiger partial charge in [-0.05, 0) is 33.7 Å². The van der Waals surface area contributed by atoms with Crippen molar-refractivity contribution in [1.82, 2.24) is 10.3 Å². The number of aromatic nitrogens is 2. The fourth-order valence-corrected chi connectivity index (χ4v) is 3.75. The Labute approximate surface area is 147 Å². The van der Waals surface area contributed by atoms with Gasteiger partial charge in [-0.3, -0.25) is 0 Å². The SMILES string of the molecule is c1ccc2c(c1)ccc1onc(-c3noc4ccc5ccccc5c34)c12. The van der Waals surface area contributed by atoms with Crippen molar-refractivity contribution in [3.8, 4) is 11.4 Å². The lowest BCUT2D eigenvalue weighted by atomic mass is 10.0. The van der Waals surface area contributed by atoms with Crippen molar-refractivity contribution in [1.29, 1.82) is 0 Å². The third-order valence-electron chi connectivity index (χ3n) is 4.95. The summed E-state index contributed by atoms with van der Waals surface area (Å²) in [6, 6.07) is 24.4. The standard InChI is InChI=1S/C22H12N2O2/c1-3-7-15-13(5-1)9-11-17-19(15)21(23-25-17)22-20-16-8-4-2-6-14(16)10-12-18(20)26-24-22/h1-12H. The van der Waals surface area contributed by atoms with Gasteiger partial charge in [-0.15, -0.1) is 0 Å². The van der Waals surface area contributed by atoms with Gasteiger partial charge in [-0.1, -0.05) is 71.0 Å². The first-order chi connectivity index (χ1) is 12.9. The highest BCUT2D eigenvalue weighted by atomic mass is 16.5. The summed E-state index contributed by atoms with van der Waals surface area (Å²) in [6.07, 6.45) is 0. The Morgan fingerprint density at radius 3 is 1.46 bits per heavy atom. The molecule has 4 heteroatoms. The first-order valence-corrected chi connectivity index (χ1v) is 8.45. The van der Waals surface area contributed by atoms with Crippen LogP contribution in [0.2, 0.25) is 0 Å². The Kier molecular flexibility index (Phi) is 2.58. The summed E-state index contributed by atoms with van der Waals surface area (Å²) in [5.41, 5.74) is 2.92. The van der Waals surface area contributed by atoms with E-state index in [2.05, 4.69) is 34.6 Å². The van der Waals surface area contributed by atoms with Crippen LogP contribution < -0.4 is 0 Å². The van der Waals surface area contributed by atoms with Crippen LogP contribution in [0, 0.1) is 0 Å². The average molecular weight is 336 g/mol. The molecule has 2 heterocycles. The predicted octanol–water partition coefficient (Wildman–Crippen LogP) is 5.94. The molecule has 0 saturated carbocycles. The summed E-state index contributed by atoms with van der Waals surface area (Å²) in [6.45, 7) is 0. The Balaban J connectivity index is 1.79. The second-order valence-electron chi connectivity index (χ2n) is 6.38. The van der Waals surface area contributed by atoms with Gasteiger partial charge in [0.1, 0.15) is 11.4 Å². The monoisotopic (exact) mass is 336 g/mol. The maximum absolute atomic E-state index is 5.61. The number of hydrogen-bond donors (Lipinski definition) is 0. The summed E-state index contributed by atoms with van der Waals surface area (Å²) >= 11 is 0. The second kappa shape index (κ2) is 4.92. The summed E-state index contributed by atoms with van der Waals surface area (Å²) in [5.74, 6) is 0. The van der Waals surface area contributed by atoms with Gasteiger partial charge in [0.25, 0.3) is 0 Å². The van der Waals surface area contributed by atoms with Crippen LogP contribution in [0.25, 0.3) is 54.9 Å². The van der Waals surface area contributed by atoms with Crippen molar-refractivity contribution in [2.24, 2.45) is 0 Å². The molecular weight excluding hydrogens is 324 g/mol. The molecular formula is C22H12N2O2. The van der Waals surface area contributed by atoms with E-state index in [9.17, 15) is 0 Å². The molecule has 0 aliphatic carbocycles. The highest BCUT2D eigenvalue weighted by Gasteiger charge is 2.21. The Morgan fingerprint density at radius 2 is 0.962 bits per heavy atom. The molecule has 4 aromatic carbocycles. The first-order valence-electron chi connectivity index (χ1n) is 8.45. The fourth-order valence-electron chi connectivity index (χ4n) is 3.75. The minimum absolute atomic E-state index is 0.715. The van der Waals surface area contributed by atoms with E-state index in [1.165, 1.54) is 0 Å². The number of nitrogens with zero attached hydrogens (tertiary/aromatic N) is 2. The van der Waals surface area contributed by atoms with E-state index < -0.39 is 0 Å². The molecule has 0 spiro atoms. The van der Waals surface area contributed by atoms with E-state index in [0.29, 0.717) is 11.4 Å². The molecule has 0 aliphatic heterocycles. The minimum atomic E-state index is 0.715. The highest BCUT2D eigenvalue weighted by molar-refractivity contribution is 6.17. The average Bonchev–Trinajstić information content (AvgIpc) is 3.32. The Bertz CT molecular complexity index is 1330. The van der Waals surface area contributed by atoms with Crippen LogP contribution >= 0.6 is 0 Å². The molecule has 0 N–H and O–H groups in total. The normalized spacial score (nSPS) is 11.8. The van der Waals surface area contributed by atoms with E-state index in [1.807, 2.05) is 48.5 Å². The summed E-state index contributed by atoms with van der Waals surface area (Å²) < 4.78 is 11.2. The molecule has 6 aromatic rings. The molecule has 6 rings (SSSR count). The second-order valence-corrected chi connectivity index (χ2v) is 6.38. The van der Waals surface area contributed by atoms with Crippen molar-refractivity contribution < 1.29 is 9.05 Å². The van der Waals surface area contributed by atoms with Crippen LogP contribution in [0.4, 0.5) is 0 Å². The van der Waals surface area contributed by atoms with Crippen molar-refractivity contribution in [3.05, 3.63) is 72.8 Å². The van der Waals surface area contributed by atoms with Gasteiger partial charge in [0.15, 0.2) is 11.2 Å². The van der Waals surface area contributed by atoms with E-state index in [4.69, 9.17) is 9.05 Å². The molecule has 0 saturated heterocycles. The molecule has 0 unspecified atom stereocenters. The molecule has 0 aliphatic rings. The van der Waals surface area contributed by atoms with Gasteiger partial charge >= 0.3 is 0 Å². The lowest BCUT2D eigenvalue weighted by molar-refractivity contribution is 0.448. The number of fused-ring (bicyclic) bond motifs is 6. The lowest BCUT2D eigenvalue weighted by Crippen LogP contribution is -1.82. The third-order valence-corrected chi connectivity index (χ3v) is 4.95. The third kappa shape index (κ3) is 1.73. The molecule has 4 nitrogen and oxygen atoms in total. The van der Waals surface area contributed by atoms with Crippen LogP contribution in [-0.4, -0.2) is 10.3 Å². The van der Waals surface area contributed by atoms with Crippen molar-refractivity contribution >= 4 is 43.5 Å². The summed E-state index contributed by atoms with van der Waals surface area (Å²) in [7, 11) is 0. The Hall–Kier alpha value is -3.66. The molecule has 122 valence electrons. The van der Waals surface area contributed by atoms with E-state index >= 15 is 0 Å². The molecule has 0 amide bonds. The first kappa shape index (κ1) is 13.6. The van der Waals surface area contributed by atoms with Crippen molar-refractivity contribution in [2.75, 3.05) is 0 Å². The van der Waals surface area contributed by atoms with Crippen LogP contribution in [0.3, 0.4) is 0 Å². The van der Waals surface area contributed by atoms with Crippen molar-refractivity contribution in [3.63, 3.8) is 0 Å². The summed E-state index contributed by atoms with van der Waals surface area (Å²) in [5, 5.41) is 15.1. The quantitative estimate of drug-likeness (QED) is 0.373.